The summed E-state index contributed by atoms with van der Waals surface area (Å²) in [6.07, 6.45) is 1.49. The van der Waals surface area contributed by atoms with Crippen molar-refractivity contribution in [2.75, 3.05) is 25.1 Å². The summed E-state index contributed by atoms with van der Waals surface area (Å²) >= 11 is 6.20. The van der Waals surface area contributed by atoms with Crippen LogP contribution < -0.4 is 10.6 Å². The van der Waals surface area contributed by atoms with E-state index in [1.54, 1.807) is 48.5 Å². The van der Waals surface area contributed by atoms with Crippen molar-refractivity contribution in [3.05, 3.63) is 95.0 Å². The van der Waals surface area contributed by atoms with Crippen LogP contribution in [0.15, 0.2) is 72.9 Å². The number of benzene rings is 2. The molecule has 0 atom stereocenters. The van der Waals surface area contributed by atoms with Gasteiger partial charge in [0, 0.05) is 17.8 Å². The SMILES string of the molecule is O=C(NC(CO)(CO)CO)c1cc(NC(=O)c2cc(-c3ccccn3)c(F)cc2Cl)n(-c2ccccc2)n1. The number of anilines is 1. The maximum absolute atomic E-state index is 14.6. The number of nitrogens with one attached hydrogen (secondary N) is 2. The van der Waals surface area contributed by atoms with Crippen molar-refractivity contribution in [3.63, 3.8) is 0 Å². The quantitative estimate of drug-likeness (QED) is 0.219. The van der Waals surface area contributed by atoms with Crippen LogP contribution in [0.3, 0.4) is 0 Å². The Morgan fingerprint density at radius 2 is 1.63 bits per heavy atom. The average molecular weight is 540 g/mol. The van der Waals surface area contributed by atoms with Gasteiger partial charge in [0.1, 0.15) is 17.2 Å². The van der Waals surface area contributed by atoms with Crippen LogP contribution in [0.2, 0.25) is 5.02 Å². The monoisotopic (exact) mass is 539 g/mol. The summed E-state index contributed by atoms with van der Waals surface area (Å²) in [7, 11) is 0. The minimum atomic E-state index is -1.68. The number of para-hydroxylation sites is 1. The second-order valence-corrected chi connectivity index (χ2v) is 8.76. The minimum absolute atomic E-state index is 0.0413. The van der Waals surface area contributed by atoms with Gasteiger partial charge in [0.2, 0.25) is 0 Å². The molecule has 196 valence electrons. The van der Waals surface area contributed by atoms with Crippen molar-refractivity contribution in [2.45, 2.75) is 5.54 Å². The lowest BCUT2D eigenvalue weighted by molar-refractivity contribution is 0.0373. The summed E-state index contributed by atoms with van der Waals surface area (Å²) in [6, 6.07) is 17.1. The summed E-state index contributed by atoms with van der Waals surface area (Å²) < 4.78 is 15.9. The van der Waals surface area contributed by atoms with Gasteiger partial charge >= 0.3 is 0 Å². The Labute approximate surface area is 221 Å². The highest BCUT2D eigenvalue weighted by Gasteiger charge is 2.31. The molecule has 12 heteroatoms. The van der Waals surface area contributed by atoms with E-state index in [4.69, 9.17) is 11.6 Å². The predicted molar refractivity (Wildman–Crippen MR) is 138 cm³/mol. The first-order valence-electron chi connectivity index (χ1n) is 11.3. The third-order valence-electron chi connectivity index (χ3n) is 5.71. The standard InChI is InChI=1S/C26H23ClFN5O5/c27-19-11-20(28)18(21-8-4-5-9-29-21)10-17(19)24(37)30-23-12-22(25(38)31-26(13-34,14-35)15-36)32-33(23)16-6-2-1-3-7-16/h1-12,34-36H,13-15H2,(H,30,37)(H,31,38). The van der Waals surface area contributed by atoms with Gasteiger partial charge in [0.25, 0.3) is 11.8 Å². The molecule has 10 nitrogen and oxygen atoms in total. The summed E-state index contributed by atoms with van der Waals surface area (Å²) in [6.45, 7) is -2.18. The molecule has 38 heavy (non-hydrogen) atoms. The van der Waals surface area contributed by atoms with Gasteiger partial charge in [-0.15, -0.1) is 0 Å². The Hall–Kier alpha value is -4.16. The molecule has 0 saturated carbocycles. The Kier molecular flexibility index (Phi) is 8.13. The third-order valence-corrected chi connectivity index (χ3v) is 6.03. The summed E-state index contributed by atoms with van der Waals surface area (Å²) in [5.41, 5.74) is -1.02. The van der Waals surface area contributed by atoms with Crippen LogP contribution in [-0.4, -0.2) is 67.3 Å². The molecule has 2 aromatic heterocycles. The number of amides is 2. The van der Waals surface area contributed by atoms with Crippen LogP contribution in [0.4, 0.5) is 10.2 Å². The van der Waals surface area contributed by atoms with Crippen LogP contribution in [0.25, 0.3) is 16.9 Å². The zero-order valence-corrected chi connectivity index (χ0v) is 20.6. The van der Waals surface area contributed by atoms with Gasteiger partial charge in [-0.1, -0.05) is 35.9 Å². The second kappa shape index (κ2) is 11.5. The fourth-order valence-electron chi connectivity index (χ4n) is 3.55. The highest BCUT2D eigenvalue weighted by Crippen LogP contribution is 2.28. The normalized spacial score (nSPS) is 11.3. The number of aliphatic hydroxyl groups is 3. The third kappa shape index (κ3) is 5.55. The van der Waals surface area contributed by atoms with Crippen LogP contribution in [0.1, 0.15) is 20.8 Å². The Bertz CT molecular complexity index is 1440. The van der Waals surface area contributed by atoms with Crippen molar-refractivity contribution in [2.24, 2.45) is 0 Å². The summed E-state index contributed by atoms with van der Waals surface area (Å²) in [5.74, 6) is -2.09. The number of carbonyl (C=O) groups excluding carboxylic acids is 2. The molecule has 0 fully saturated rings. The summed E-state index contributed by atoms with van der Waals surface area (Å²) in [5, 5.41) is 37.8. The zero-order chi connectivity index (χ0) is 27.3. The first-order valence-corrected chi connectivity index (χ1v) is 11.7. The zero-order valence-electron chi connectivity index (χ0n) is 19.8. The van der Waals surface area contributed by atoms with Crippen LogP contribution in [0.5, 0.6) is 0 Å². The molecule has 4 aromatic rings. The molecule has 4 rings (SSSR count). The predicted octanol–water partition coefficient (Wildman–Crippen LogP) is 2.42. The molecular weight excluding hydrogens is 517 g/mol. The highest BCUT2D eigenvalue weighted by molar-refractivity contribution is 6.34. The van der Waals surface area contributed by atoms with Crippen molar-refractivity contribution in [1.82, 2.24) is 20.1 Å². The molecule has 0 bridgehead atoms. The fraction of sp³-hybridized carbons (Fsp3) is 0.154. The Balaban J connectivity index is 1.71. The van der Waals surface area contributed by atoms with E-state index in [0.717, 1.165) is 6.07 Å². The average Bonchev–Trinajstić information content (AvgIpc) is 3.36. The van der Waals surface area contributed by atoms with E-state index in [1.165, 1.54) is 23.0 Å². The van der Waals surface area contributed by atoms with Crippen LogP contribution in [0, 0.1) is 5.82 Å². The Morgan fingerprint density at radius 1 is 0.947 bits per heavy atom. The molecule has 0 unspecified atom stereocenters. The van der Waals surface area contributed by atoms with E-state index in [-0.39, 0.29) is 27.7 Å². The maximum atomic E-state index is 14.6. The van der Waals surface area contributed by atoms with Gasteiger partial charge in [-0.05, 0) is 36.4 Å². The van der Waals surface area contributed by atoms with E-state index < -0.39 is 43.0 Å². The number of nitrogens with zero attached hydrogens (tertiary/aromatic N) is 3. The molecule has 0 radical (unpaired) electrons. The molecule has 2 heterocycles. The van der Waals surface area contributed by atoms with Crippen molar-refractivity contribution >= 4 is 29.2 Å². The summed E-state index contributed by atoms with van der Waals surface area (Å²) in [4.78, 5) is 30.3. The van der Waals surface area contributed by atoms with E-state index in [1.807, 2.05) is 0 Å². The van der Waals surface area contributed by atoms with Gasteiger partial charge in [-0.2, -0.15) is 5.10 Å². The van der Waals surface area contributed by atoms with E-state index in [0.29, 0.717) is 11.4 Å². The lowest BCUT2D eigenvalue weighted by Gasteiger charge is -2.28. The van der Waals surface area contributed by atoms with Gasteiger partial charge in [0.05, 0.1) is 41.8 Å². The molecule has 0 aliphatic rings. The topological polar surface area (TPSA) is 150 Å². The van der Waals surface area contributed by atoms with E-state index in [9.17, 15) is 29.3 Å². The Morgan fingerprint density at radius 3 is 2.26 bits per heavy atom. The maximum Gasteiger partial charge on any atom is 0.272 e. The van der Waals surface area contributed by atoms with Gasteiger partial charge < -0.3 is 26.0 Å². The number of pyridine rings is 1. The van der Waals surface area contributed by atoms with Crippen LogP contribution in [-0.2, 0) is 0 Å². The molecule has 0 aliphatic heterocycles. The smallest absolute Gasteiger partial charge is 0.272 e. The second-order valence-electron chi connectivity index (χ2n) is 8.35. The van der Waals surface area contributed by atoms with Crippen molar-refractivity contribution in [3.8, 4) is 16.9 Å². The molecule has 2 aromatic carbocycles. The fourth-order valence-corrected chi connectivity index (χ4v) is 3.78. The van der Waals surface area contributed by atoms with Gasteiger partial charge in [0.15, 0.2) is 5.69 Å². The number of rotatable bonds is 9. The number of carbonyl (C=O) groups is 2. The number of aliphatic hydroxyl groups excluding tert-OH is 3. The lowest BCUT2D eigenvalue weighted by atomic mass is 10.0. The largest absolute Gasteiger partial charge is 0.394 e. The minimum Gasteiger partial charge on any atom is -0.394 e. The molecular formula is C26H23ClFN5O5. The first kappa shape index (κ1) is 26.9. The van der Waals surface area contributed by atoms with E-state index >= 15 is 0 Å². The van der Waals surface area contributed by atoms with Gasteiger partial charge in [-0.3, -0.25) is 14.6 Å². The van der Waals surface area contributed by atoms with Gasteiger partial charge in [-0.25, -0.2) is 9.07 Å². The highest BCUT2D eigenvalue weighted by atomic mass is 35.5. The number of halogens is 2. The molecule has 0 aliphatic carbocycles. The first-order chi connectivity index (χ1) is 18.3. The number of aromatic nitrogens is 3. The molecule has 0 saturated heterocycles. The number of hydrogen-bond donors (Lipinski definition) is 5. The lowest BCUT2D eigenvalue weighted by Crippen LogP contribution is -2.57. The molecule has 2 amide bonds. The van der Waals surface area contributed by atoms with Crippen LogP contribution >= 0.6 is 11.6 Å². The number of hydrogen-bond acceptors (Lipinski definition) is 7. The van der Waals surface area contributed by atoms with Crippen molar-refractivity contribution in [1.29, 1.82) is 0 Å². The molecule has 5 N–H and O–H groups in total. The van der Waals surface area contributed by atoms with E-state index in [2.05, 4.69) is 20.7 Å². The molecule has 0 spiro atoms. The van der Waals surface area contributed by atoms with Crippen molar-refractivity contribution < 1.29 is 29.3 Å².